The molecule has 0 bridgehead atoms. The number of rotatable bonds is 6. The van der Waals surface area contributed by atoms with Gasteiger partial charge in [-0.05, 0) is 23.0 Å². The molecule has 2 rings (SSSR count). The summed E-state index contributed by atoms with van der Waals surface area (Å²) in [7, 11) is 0. The van der Waals surface area contributed by atoms with Crippen LogP contribution in [-0.2, 0) is 19.5 Å². The monoisotopic (exact) mass is 260 g/mol. The maximum absolute atomic E-state index is 4.40. The normalized spacial score (nSPS) is 11.7. The Kier molecular flexibility index (Phi) is 4.40. The fraction of sp³-hybridized carbons (Fsp3) is 0.600. The molecule has 0 aliphatic heterocycles. The van der Waals surface area contributed by atoms with Gasteiger partial charge in [-0.15, -0.1) is 0 Å². The van der Waals surface area contributed by atoms with Gasteiger partial charge in [0.25, 0.3) is 0 Å². The Bertz CT molecular complexity index is 461. The van der Waals surface area contributed by atoms with Gasteiger partial charge in [-0.1, -0.05) is 27.7 Å². The molecule has 4 nitrogen and oxygen atoms in total. The van der Waals surface area contributed by atoms with E-state index in [2.05, 4.69) is 50.3 Å². The maximum Gasteiger partial charge on any atom is 0.0525 e. The van der Waals surface area contributed by atoms with Crippen molar-refractivity contribution in [2.45, 2.75) is 47.2 Å². The molecule has 0 saturated carbocycles. The van der Waals surface area contributed by atoms with Crippen LogP contribution in [0.2, 0.25) is 0 Å². The number of hydrogen-bond acceptors (Lipinski definition) is 2. The highest BCUT2D eigenvalue weighted by Gasteiger charge is 2.05. The maximum atomic E-state index is 4.40. The van der Waals surface area contributed by atoms with Crippen LogP contribution in [0, 0.1) is 11.8 Å². The van der Waals surface area contributed by atoms with Crippen LogP contribution in [0.15, 0.2) is 24.8 Å². The van der Waals surface area contributed by atoms with Gasteiger partial charge >= 0.3 is 0 Å². The number of hydrogen-bond donors (Lipinski definition) is 0. The molecule has 2 aromatic heterocycles. The van der Waals surface area contributed by atoms with Crippen molar-refractivity contribution < 1.29 is 0 Å². The van der Waals surface area contributed by atoms with E-state index in [0.29, 0.717) is 11.8 Å². The van der Waals surface area contributed by atoms with Crippen LogP contribution >= 0.6 is 0 Å². The minimum absolute atomic E-state index is 0.626. The van der Waals surface area contributed by atoms with Crippen LogP contribution in [0.4, 0.5) is 0 Å². The van der Waals surface area contributed by atoms with Gasteiger partial charge in [-0.3, -0.25) is 9.36 Å². The Hall–Kier alpha value is -1.58. The first-order valence-corrected chi connectivity index (χ1v) is 7.05. The zero-order valence-electron chi connectivity index (χ0n) is 12.4. The summed E-state index contributed by atoms with van der Waals surface area (Å²) in [5.41, 5.74) is 2.51. The summed E-state index contributed by atoms with van der Waals surface area (Å²) in [6, 6.07) is 0. The van der Waals surface area contributed by atoms with Crippen LogP contribution in [0.25, 0.3) is 0 Å². The predicted molar refractivity (Wildman–Crippen MR) is 76.9 cm³/mol. The molecule has 104 valence electrons. The first-order chi connectivity index (χ1) is 9.02. The van der Waals surface area contributed by atoms with Crippen molar-refractivity contribution in [2.75, 3.05) is 0 Å². The zero-order valence-corrected chi connectivity index (χ0v) is 12.4. The van der Waals surface area contributed by atoms with Crippen LogP contribution < -0.4 is 0 Å². The summed E-state index contributed by atoms with van der Waals surface area (Å²) in [5.74, 6) is 1.25. The Morgan fingerprint density at radius 1 is 0.842 bits per heavy atom. The van der Waals surface area contributed by atoms with E-state index in [1.54, 1.807) is 0 Å². The molecule has 0 aliphatic rings. The largest absolute Gasteiger partial charge is 0.272 e. The highest BCUT2D eigenvalue weighted by Crippen LogP contribution is 2.10. The second-order valence-corrected chi connectivity index (χ2v) is 6.11. The van der Waals surface area contributed by atoms with Crippen LogP contribution in [0.1, 0.15) is 38.8 Å². The van der Waals surface area contributed by atoms with Gasteiger partial charge in [0.15, 0.2) is 0 Å². The van der Waals surface area contributed by atoms with E-state index in [9.17, 15) is 0 Å². The fourth-order valence-electron chi connectivity index (χ4n) is 2.18. The van der Waals surface area contributed by atoms with E-state index in [1.165, 1.54) is 11.1 Å². The van der Waals surface area contributed by atoms with Crippen molar-refractivity contribution in [3.05, 3.63) is 35.9 Å². The van der Waals surface area contributed by atoms with Gasteiger partial charge in [0.2, 0.25) is 0 Å². The molecule has 0 aromatic carbocycles. The first-order valence-electron chi connectivity index (χ1n) is 7.05. The molecule has 0 fully saturated rings. The molecule has 2 heterocycles. The third-order valence-corrected chi connectivity index (χ3v) is 2.89. The highest BCUT2D eigenvalue weighted by molar-refractivity contribution is 5.17. The van der Waals surface area contributed by atoms with E-state index in [1.807, 2.05) is 21.8 Å². The topological polar surface area (TPSA) is 35.6 Å². The lowest BCUT2D eigenvalue weighted by molar-refractivity contribution is 0.482. The first kappa shape index (κ1) is 13.8. The van der Waals surface area contributed by atoms with E-state index in [0.717, 1.165) is 19.5 Å². The van der Waals surface area contributed by atoms with Crippen molar-refractivity contribution in [3.8, 4) is 0 Å². The summed E-state index contributed by atoms with van der Waals surface area (Å²) in [4.78, 5) is 0. The molecular formula is C15H24N4. The lowest BCUT2D eigenvalue weighted by atomic mass is 10.1. The smallest absolute Gasteiger partial charge is 0.0525 e. The van der Waals surface area contributed by atoms with E-state index < -0.39 is 0 Å². The van der Waals surface area contributed by atoms with Gasteiger partial charge in [0, 0.05) is 31.9 Å². The van der Waals surface area contributed by atoms with Crippen LogP contribution in [0.3, 0.4) is 0 Å². The van der Waals surface area contributed by atoms with Gasteiger partial charge in [-0.25, -0.2) is 0 Å². The molecule has 0 atom stereocenters. The van der Waals surface area contributed by atoms with E-state index in [-0.39, 0.29) is 0 Å². The molecule has 0 N–H and O–H groups in total. The molecule has 0 aliphatic carbocycles. The molecule has 0 amide bonds. The molecule has 0 unspecified atom stereocenters. The molecule has 0 saturated heterocycles. The van der Waals surface area contributed by atoms with Crippen molar-refractivity contribution in [1.82, 2.24) is 19.6 Å². The molecule has 19 heavy (non-hydrogen) atoms. The standard InChI is InChI=1S/C15H24N4/c1-12(2)8-18-10-14(6-16-18)5-15-7-17-19(11-15)9-13(3)4/h6-7,10-13H,5,8-9H2,1-4H3. The minimum Gasteiger partial charge on any atom is -0.272 e. The van der Waals surface area contributed by atoms with Crippen LogP contribution in [-0.4, -0.2) is 19.6 Å². The lowest BCUT2D eigenvalue weighted by Crippen LogP contribution is -2.04. The molecule has 2 aromatic rings. The summed E-state index contributed by atoms with van der Waals surface area (Å²) in [5, 5.41) is 8.79. The van der Waals surface area contributed by atoms with Gasteiger partial charge in [-0.2, -0.15) is 10.2 Å². The van der Waals surface area contributed by atoms with Crippen molar-refractivity contribution in [3.63, 3.8) is 0 Å². The van der Waals surface area contributed by atoms with Crippen molar-refractivity contribution >= 4 is 0 Å². The summed E-state index contributed by atoms with van der Waals surface area (Å²) in [6.07, 6.45) is 9.11. The Morgan fingerprint density at radius 3 is 1.63 bits per heavy atom. The summed E-state index contributed by atoms with van der Waals surface area (Å²) in [6.45, 7) is 10.8. The molecule has 0 spiro atoms. The SMILES string of the molecule is CC(C)Cn1cc(Cc2cnn(CC(C)C)c2)cn1. The Labute approximate surface area is 115 Å². The predicted octanol–water partition coefficient (Wildman–Crippen LogP) is 2.98. The quantitative estimate of drug-likeness (QED) is 0.800. The van der Waals surface area contributed by atoms with Gasteiger partial charge in [0.1, 0.15) is 0 Å². The number of nitrogens with zero attached hydrogens (tertiary/aromatic N) is 4. The Morgan fingerprint density at radius 2 is 1.26 bits per heavy atom. The third kappa shape index (κ3) is 4.23. The Balaban J connectivity index is 1.96. The van der Waals surface area contributed by atoms with E-state index in [4.69, 9.17) is 0 Å². The van der Waals surface area contributed by atoms with Gasteiger partial charge in [0.05, 0.1) is 12.4 Å². The highest BCUT2D eigenvalue weighted by atomic mass is 15.3. The summed E-state index contributed by atoms with van der Waals surface area (Å²) >= 11 is 0. The van der Waals surface area contributed by atoms with Gasteiger partial charge < -0.3 is 0 Å². The fourth-order valence-corrected chi connectivity index (χ4v) is 2.18. The number of aromatic nitrogens is 4. The molecule has 0 radical (unpaired) electrons. The van der Waals surface area contributed by atoms with Crippen molar-refractivity contribution in [2.24, 2.45) is 11.8 Å². The van der Waals surface area contributed by atoms with Crippen LogP contribution in [0.5, 0.6) is 0 Å². The molecular weight excluding hydrogens is 236 g/mol. The average Bonchev–Trinajstić information content (AvgIpc) is 2.88. The summed E-state index contributed by atoms with van der Waals surface area (Å²) < 4.78 is 4.05. The minimum atomic E-state index is 0.626. The third-order valence-electron chi connectivity index (χ3n) is 2.89. The average molecular weight is 260 g/mol. The zero-order chi connectivity index (χ0) is 13.8. The van der Waals surface area contributed by atoms with E-state index >= 15 is 0 Å². The lowest BCUT2D eigenvalue weighted by Gasteiger charge is -2.03. The van der Waals surface area contributed by atoms with Crippen molar-refractivity contribution in [1.29, 1.82) is 0 Å². The second-order valence-electron chi connectivity index (χ2n) is 6.11. The second kappa shape index (κ2) is 6.04. The molecule has 4 heteroatoms.